The van der Waals surface area contributed by atoms with E-state index < -0.39 is 33.7 Å². The van der Waals surface area contributed by atoms with Crippen LogP contribution in [-0.4, -0.2) is 66.1 Å². The molecule has 1 heterocycles. The molecule has 0 spiro atoms. The molecule has 0 bridgehead atoms. The Balaban J connectivity index is 2.17. The highest BCUT2D eigenvalue weighted by Crippen LogP contribution is 2.33. The van der Waals surface area contributed by atoms with Gasteiger partial charge in [-0.3, -0.25) is 4.79 Å². The number of halogens is 3. The maximum absolute atomic E-state index is 12.9. The fraction of sp³-hybridized carbons (Fsp3) is 0.611. The normalized spacial score (nSPS) is 21.6. The second kappa shape index (κ2) is 7.64. The smallest absolute Gasteiger partial charge is 0.373 e. The molecule has 28 heavy (non-hydrogen) atoms. The molecule has 1 aromatic rings. The number of rotatable bonds is 4. The molecule has 0 saturated carbocycles. The van der Waals surface area contributed by atoms with Crippen LogP contribution >= 0.6 is 0 Å². The molecule has 2 atom stereocenters. The van der Waals surface area contributed by atoms with Gasteiger partial charge >= 0.3 is 6.18 Å². The van der Waals surface area contributed by atoms with Gasteiger partial charge in [0.15, 0.2) is 0 Å². The Morgan fingerprint density at radius 1 is 1.18 bits per heavy atom. The molecular formula is C18H25F3N2O4S. The van der Waals surface area contributed by atoms with Crippen LogP contribution in [0.2, 0.25) is 0 Å². The molecule has 10 heteroatoms. The monoisotopic (exact) mass is 422 g/mol. The zero-order chi connectivity index (χ0) is 21.5. The molecule has 1 aliphatic rings. The Labute approximate surface area is 163 Å². The minimum atomic E-state index is -5.12. The Hall–Kier alpha value is -1.65. The van der Waals surface area contributed by atoms with Gasteiger partial charge in [-0.2, -0.15) is 17.5 Å². The molecule has 2 rings (SSSR count). The average molecular weight is 422 g/mol. The van der Waals surface area contributed by atoms with Crippen molar-refractivity contribution in [3.8, 4) is 0 Å². The first-order valence-corrected chi connectivity index (χ1v) is 10.3. The molecule has 0 radical (unpaired) electrons. The lowest BCUT2D eigenvalue weighted by Gasteiger charge is -2.42. The summed E-state index contributed by atoms with van der Waals surface area (Å²) in [5, 5.41) is 9.62. The van der Waals surface area contributed by atoms with Gasteiger partial charge in [0.1, 0.15) is 0 Å². The summed E-state index contributed by atoms with van der Waals surface area (Å²) in [4.78, 5) is 13.2. The molecule has 1 amide bonds. The highest BCUT2D eigenvalue weighted by molar-refractivity contribution is 7.89. The van der Waals surface area contributed by atoms with E-state index in [1.165, 1.54) is 19.1 Å². The molecule has 1 aliphatic heterocycles. The van der Waals surface area contributed by atoms with E-state index in [0.717, 1.165) is 14.8 Å². The van der Waals surface area contributed by atoms with E-state index in [-0.39, 0.29) is 30.4 Å². The van der Waals surface area contributed by atoms with Crippen molar-refractivity contribution < 1.29 is 31.5 Å². The second-order valence-electron chi connectivity index (χ2n) is 7.50. The third-order valence-corrected chi connectivity index (χ3v) is 6.88. The topological polar surface area (TPSA) is 77.9 Å². The van der Waals surface area contributed by atoms with Crippen molar-refractivity contribution in [1.82, 2.24) is 9.21 Å². The number of amides is 1. The first-order valence-electron chi connectivity index (χ1n) is 8.90. The molecule has 1 N–H and O–H groups in total. The van der Waals surface area contributed by atoms with E-state index >= 15 is 0 Å². The van der Waals surface area contributed by atoms with Crippen molar-refractivity contribution in [3.63, 3.8) is 0 Å². The van der Waals surface area contributed by atoms with Crippen LogP contribution in [0.1, 0.15) is 39.2 Å². The Morgan fingerprint density at radius 3 is 2.14 bits per heavy atom. The van der Waals surface area contributed by atoms with Gasteiger partial charge < -0.3 is 10.0 Å². The minimum Gasteiger partial charge on any atom is -0.373 e. The number of aliphatic hydroxyl groups is 1. The van der Waals surface area contributed by atoms with E-state index in [4.69, 9.17) is 0 Å². The molecule has 0 aliphatic carbocycles. The lowest BCUT2D eigenvalue weighted by Crippen LogP contribution is -2.63. The van der Waals surface area contributed by atoms with Crippen LogP contribution < -0.4 is 0 Å². The summed E-state index contributed by atoms with van der Waals surface area (Å²) < 4.78 is 65.6. The summed E-state index contributed by atoms with van der Waals surface area (Å²) in [6.07, 6.45) is -5.12. The number of nitrogens with zero attached hydrogens (tertiary/aromatic N) is 2. The number of alkyl halides is 3. The van der Waals surface area contributed by atoms with Crippen LogP contribution in [0.15, 0.2) is 29.2 Å². The quantitative estimate of drug-likeness (QED) is 0.808. The third-order valence-electron chi connectivity index (χ3n) is 5.00. The maximum atomic E-state index is 12.9. The number of piperazine rings is 1. The summed E-state index contributed by atoms with van der Waals surface area (Å²) >= 11 is 0. The summed E-state index contributed by atoms with van der Waals surface area (Å²) in [5.41, 5.74) is -2.54. The van der Waals surface area contributed by atoms with Crippen molar-refractivity contribution in [1.29, 1.82) is 0 Å². The van der Waals surface area contributed by atoms with Crippen LogP contribution in [0.3, 0.4) is 0 Å². The average Bonchev–Trinajstić information content (AvgIpc) is 2.60. The molecule has 1 fully saturated rings. The third kappa shape index (κ3) is 4.18. The van der Waals surface area contributed by atoms with Gasteiger partial charge in [-0.25, -0.2) is 8.42 Å². The number of sulfonamides is 1. The van der Waals surface area contributed by atoms with E-state index in [2.05, 4.69) is 0 Å². The summed E-state index contributed by atoms with van der Waals surface area (Å²) in [7, 11) is -3.84. The van der Waals surface area contributed by atoms with Crippen molar-refractivity contribution in [2.24, 2.45) is 0 Å². The van der Waals surface area contributed by atoms with Crippen molar-refractivity contribution >= 4 is 15.9 Å². The predicted octanol–water partition coefficient (Wildman–Crippen LogP) is 2.34. The standard InChI is InChI=1S/C18H25F3N2O4S/c1-12(2)14-5-7-15(8-6-14)28(26,27)22-9-10-23(13(3)11-22)16(24)17(4,25)18(19,20)21/h5-8,12-13,25H,9-11H2,1-4H3/t13-,17+/m0/s1. The first kappa shape index (κ1) is 22.6. The van der Waals surface area contributed by atoms with Gasteiger partial charge in [0.25, 0.3) is 5.91 Å². The highest BCUT2D eigenvalue weighted by Gasteiger charge is 2.58. The minimum absolute atomic E-state index is 0.0890. The number of hydrogen-bond donors (Lipinski definition) is 1. The SMILES string of the molecule is CC(C)c1ccc(S(=O)(=O)N2CCN(C(=O)[C@@](C)(O)C(F)(F)F)[C@@H](C)C2)cc1. The largest absolute Gasteiger partial charge is 0.426 e. The number of benzene rings is 1. The second-order valence-corrected chi connectivity index (χ2v) is 9.44. The summed E-state index contributed by atoms with van der Waals surface area (Å²) in [6, 6.07) is 5.63. The zero-order valence-electron chi connectivity index (χ0n) is 16.2. The number of carbonyl (C=O) groups is 1. The van der Waals surface area contributed by atoms with Gasteiger partial charge in [-0.05, 0) is 37.5 Å². The predicted molar refractivity (Wildman–Crippen MR) is 97.1 cm³/mol. The zero-order valence-corrected chi connectivity index (χ0v) is 17.0. The molecular weight excluding hydrogens is 397 g/mol. The molecule has 0 aromatic heterocycles. The molecule has 158 valence electrons. The van der Waals surface area contributed by atoms with Gasteiger partial charge in [0.2, 0.25) is 15.6 Å². The number of hydrogen-bond acceptors (Lipinski definition) is 4. The van der Waals surface area contributed by atoms with E-state index in [1.807, 2.05) is 13.8 Å². The highest BCUT2D eigenvalue weighted by atomic mass is 32.2. The summed E-state index contributed by atoms with van der Waals surface area (Å²) in [6.45, 7) is 5.27. The lowest BCUT2D eigenvalue weighted by atomic mass is 10.0. The van der Waals surface area contributed by atoms with Gasteiger partial charge in [-0.1, -0.05) is 26.0 Å². The van der Waals surface area contributed by atoms with Gasteiger partial charge in [-0.15, -0.1) is 0 Å². The lowest BCUT2D eigenvalue weighted by molar-refractivity contribution is -0.251. The maximum Gasteiger partial charge on any atom is 0.426 e. The Bertz CT molecular complexity index is 820. The first-order chi connectivity index (χ1) is 12.7. The fourth-order valence-electron chi connectivity index (χ4n) is 3.02. The van der Waals surface area contributed by atoms with Crippen LogP contribution in [0, 0.1) is 0 Å². The van der Waals surface area contributed by atoms with Crippen LogP contribution in [0.4, 0.5) is 13.2 Å². The van der Waals surface area contributed by atoms with Crippen LogP contribution in [0.25, 0.3) is 0 Å². The van der Waals surface area contributed by atoms with Gasteiger partial charge in [0.05, 0.1) is 4.90 Å². The Kier molecular flexibility index (Phi) is 6.18. The van der Waals surface area contributed by atoms with Crippen LogP contribution in [0.5, 0.6) is 0 Å². The Morgan fingerprint density at radius 2 is 1.71 bits per heavy atom. The fourth-order valence-corrected chi connectivity index (χ4v) is 4.53. The molecule has 6 nitrogen and oxygen atoms in total. The van der Waals surface area contributed by atoms with Gasteiger partial charge in [0, 0.05) is 25.7 Å². The summed E-state index contributed by atoms with van der Waals surface area (Å²) in [5.74, 6) is -1.24. The van der Waals surface area contributed by atoms with Crippen LogP contribution in [-0.2, 0) is 14.8 Å². The van der Waals surface area contributed by atoms with Crippen molar-refractivity contribution in [2.75, 3.05) is 19.6 Å². The van der Waals surface area contributed by atoms with E-state index in [0.29, 0.717) is 6.92 Å². The van der Waals surface area contributed by atoms with Crippen molar-refractivity contribution in [2.45, 2.75) is 56.3 Å². The molecule has 1 saturated heterocycles. The van der Waals surface area contributed by atoms with E-state index in [9.17, 15) is 31.5 Å². The molecule has 0 unspecified atom stereocenters. The number of carbonyl (C=O) groups excluding carboxylic acids is 1. The van der Waals surface area contributed by atoms with Crippen molar-refractivity contribution in [3.05, 3.63) is 29.8 Å². The van der Waals surface area contributed by atoms with E-state index in [1.54, 1.807) is 12.1 Å². The molecule has 1 aromatic carbocycles.